The maximum absolute atomic E-state index is 11.1. The highest BCUT2D eigenvalue weighted by Gasteiger charge is 2.36. The maximum atomic E-state index is 11.1. The first kappa shape index (κ1) is 16.4. The van der Waals surface area contributed by atoms with Gasteiger partial charge in [0.25, 0.3) is 0 Å². The number of Topliss-reactive ketones (excluding diaryl/α,β-unsaturated/α-hetero) is 2. The Morgan fingerprint density at radius 1 is 0.933 bits per heavy atom. The summed E-state index contributed by atoms with van der Waals surface area (Å²) in [5.41, 5.74) is 0. The van der Waals surface area contributed by atoms with Crippen LogP contribution in [0.1, 0.15) is 20.3 Å². The van der Waals surface area contributed by atoms with E-state index in [4.69, 9.17) is 0 Å². The second-order valence-electron chi connectivity index (χ2n) is 2.33. The number of carbonyl (C=O) groups is 2. The lowest BCUT2D eigenvalue weighted by molar-refractivity contribution is -0.170. The molecule has 0 aliphatic rings. The molecule has 2 nitrogen and oxygen atoms in total. The van der Waals surface area contributed by atoms with Crippen molar-refractivity contribution in [2.45, 2.75) is 32.6 Å². The monoisotopic (exact) mass is 238 g/mol. The molecule has 0 saturated heterocycles. The summed E-state index contributed by atoms with van der Waals surface area (Å²) in [5.74, 6) is -3.43. The maximum Gasteiger partial charge on any atom is 0.449 e. The van der Waals surface area contributed by atoms with Crippen LogP contribution in [0.3, 0.4) is 0 Å². The molecular formula is C7H8F6O2. The van der Waals surface area contributed by atoms with Crippen molar-refractivity contribution in [2.75, 3.05) is 0 Å². The molecule has 0 rings (SSSR count). The Balaban J connectivity index is 0. The molecule has 0 atom stereocenters. The Bertz CT molecular complexity index is 227. The largest absolute Gasteiger partial charge is 0.449 e. The average molecular weight is 238 g/mol. The number of ketones is 2. The molecule has 0 amide bonds. The van der Waals surface area contributed by atoms with E-state index < -0.39 is 30.3 Å². The van der Waals surface area contributed by atoms with E-state index in [0.717, 1.165) is 0 Å². The second kappa shape index (κ2) is 5.72. The first-order valence-electron chi connectivity index (χ1n) is 3.60. The number of hydrogen-bond donors (Lipinski definition) is 0. The third-order valence-corrected chi connectivity index (χ3v) is 1.04. The van der Waals surface area contributed by atoms with Gasteiger partial charge < -0.3 is 0 Å². The molecule has 15 heavy (non-hydrogen) atoms. The predicted octanol–water partition coefficient (Wildman–Crippen LogP) is 2.67. The molecule has 0 saturated carbocycles. The van der Waals surface area contributed by atoms with Gasteiger partial charge in [-0.3, -0.25) is 9.59 Å². The van der Waals surface area contributed by atoms with Gasteiger partial charge in [-0.05, 0) is 0 Å². The minimum Gasteiger partial charge on any atom is -0.290 e. The number of halogens is 6. The number of carbonyl (C=O) groups excluding carboxylic acids is 2. The van der Waals surface area contributed by atoms with E-state index in [1.54, 1.807) is 0 Å². The van der Waals surface area contributed by atoms with Gasteiger partial charge >= 0.3 is 12.4 Å². The van der Waals surface area contributed by atoms with E-state index in [-0.39, 0.29) is 0 Å². The van der Waals surface area contributed by atoms with Crippen LogP contribution in [0.25, 0.3) is 0 Å². The van der Waals surface area contributed by atoms with E-state index in [1.807, 2.05) is 0 Å². The zero-order valence-electron chi connectivity index (χ0n) is 7.79. The SMILES string of the molecule is CC(=O)C(F)(F)F.CCC(=O)C(F)(F)F. The normalized spacial score (nSPS) is 11.5. The molecule has 8 heteroatoms. The van der Waals surface area contributed by atoms with Crippen molar-refractivity contribution >= 4 is 11.6 Å². The Morgan fingerprint density at radius 2 is 1.20 bits per heavy atom. The molecule has 0 aliphatic carbocycles. The van der Waals surface area contributed by atoms with Gasteiger partial charge in [-0.1, -0.05) is 6.92 Å². The van der Waals surface area contributed by atoms with Gasteiger partial charge in [0.1, 0.15) is 0 Å². The Kier molecular flexibility index (Phi) is 6.23. The van der Waals surface area contributed by atoms with Gasteiger partial charge in [0, 0.05) is 13.3 Å². The smallest absolute Gasteiger partial charge is 0.290 e. The summed E-state index contributed by atoms with van der Waals surface area (Å²) in [6.45, 7) is 1.66. The standard InChI is InChI=1S/C4H5F3O.C3H3F3O/c1-2-3(8)4(5,6)7;1-2(7)3(4,5)6/h2H2,1H3;1H3. The topological polar surface area (TPSA) is 34.1 Å². The number of hydrogen-bond acceptors (Lipinski definition) is 2. The fourth-order valence-corrected chi connectivity index (χ4v) is 0.200. The van der Waals surface area contributed by atoms with Crippen molar-refractivity contribution in [1.29, 1.82) is 0 Å². The molecule has 0 aromatic rings. The lowest BCUT2D eigenvalue weighted by Crippen LogP contribution is -2.20. The van der Waals surface area contributed by atoms with Crippen LogP contribution in [0.5, 0.6) is 0 Å². The van der Waals surface area contributed by atoms with E-state index in [9.17, 15) is 35.9 Å². The molecule has 0 radical (unpaired) electrons. The molecular weight excluding hydrogens is 230 g/mol. The summed E-state index contributed by atoms with van der Waals surface area (Å²) in [6.07, 6.45) is -9.74. The number of rotatable bonds is 1. The molecule has 0 bridgehead atoms. The summed E-state index contributed by atoms with van der Waals surface area (Å²) < 4.78 is 65.8. The van der Waals surface area contributed by atoms with Crippen molar-refractivity contribution < 1.29 is 35.9 Å². The molecule has 0 aliphatic heterocycles. The molecule has 0 unspecified atom stereocenters. The van der Waals surface area contributed by atoms with Crippen LogP contribution in [0.2, 0.25) is 0 Å². The lowest BCUT2D eigenvalue weighted by Gasteiger charge is -1.99. The first-order valence-corrected chi connectivity index (χ1v) is 3.60. The Morgan fingerprint density at radius 3 is 1.20 bits per heavy atom. The quantitative estimate of drug-likeness (QED) is 0.658. The van der Waals surface area contributed by atoms with Gasteiger partial charge in [-0.15, -0.1) is 0 Å². The van der Waals surface area contributed by atoms with Gasteiger partial charge in [-0.25, -0.2) is 0 Å². The molecule has 0 N–H and O–H groups in total. The van der Waals surface area contributed by atoms with E-state index in [2.05, 4.69) is 0 Å². The molecule has 0 heterocycles. The van der Waals surface area contributed by atoms with Gasteiger partial charge in [0.05, 0.1) is 0 Å². The summed E-state index contributed by atoms with van der Waals surface area (Å²) in [6, 6.07) is 0. The zero-order valence-corrected chi connectivity index (χ0v) is 7.79. The van der Waals surface area contributed by atoms with Crippen LogP contribution in [-0.4, -0.2) is 23.9 Å². The molecule has 0 spiro atoms. The summed E-state index contributed by atoms with van der Waals surface area (Å²) in [4.78, 5) is 19.0. The second-order valence-corrected chi connectivity index (χ2v) is 2.33. The summed E-state index contributed by atoms with van der Waals surface area (Å²) in [5, 5.41) is 0. The van der Waals surface area contributed by atoms with Crippen molar-refractivity contribution in [1.82, 2.24) is 0 Å². The molecule has 0 aromatic heterocycles. The fourth-order valence-electron chi connectivity index (χ4n) is 0.200. The molecule has 0 fully saturated rings. The Hall–Kier alpha value is -1.08. The third kappa shape index (κ3) is 9.23. The van der Waals surface area contributed by atoms with Crippen LogP contribution in [0.4, 0.5) is 26.3 Å². The highest BCUT2D eigenvalue weighted by Crippen LogP contribution is 2.16. The Labute approximate surface area is 81.3 Å². The number of alkyl halides is 6. The molecule has 90 valence electrons. The van der Waals surface area contributed by atoms with E-state index >= 15 is 0 Å². The zero-order chi connectivity index (χ0) is 12.9. The third-order valence-electron chi connectivity index (χ3n) is 1.04. The fraction of sp³-hybridized carbons (Fsp3) is 0.714. The first-order chi connectivity index (χ1) is 6.42. The van der Waals surface area contributed by atoms with Crippen LogP contribution in [0.15, 0.2) is 0 Å². The van der Waals surface area contributed by atoms with Gasteiger partial charge in [0.15, 0.2) is 0 Å². The van der Waals surface area contributed by atoms with E-state index in [0.29, 0.717) is 6.92 Å². The highest BCUT2D eigenvalue weighted by molar-refractivity contribution is 5.83. The highest BCUT2D eigenvalue weighted by atomic mass is 19.4. The lowest BCUT2D eigenvalue weighted by atomic mass is 10.3. The van der Waals surface area contributed by atoms with Crippen molar-refractivity contribution in [3.8, 4) is 0 Å². The van der Waals surface area contributed by atoms with Crippen molar-refractivity contribution in [3.05, 3.63) is 0 Å². The predicted molar refractivity (Wildman–Crippen MR) is 38.1 cm³/mol. The van der Waals surface area contributed by atoms with Crippen molar-refractivity contribution in [3.63, 3.8) is 0 Å². The van der Waals surface area contributed by atoms with Gasteiger partial charge in [0.2, 0.25) is 11.6 Å². The van der Waals surface area contributed by atoms with Crippen LogP contribution in [-0.2, 0) is 9.59 Å². The van der Waals surface area contributed by atoms with E-state index in [1.165, 1.54) is 6.92 Å². The minimum atomic E-state index is -4.64. The summed E-state index contributed by atoms with van der Waals surface area (Å²) >= 11 is 0. The minimum absolute atomic E-state index is 0.469. The molecule has 0 aromatic carbocycles. The van der Waals surface area contributed by atoms with Gasteiger partial charge in [-0.2, -0.15) is 26.3 Å². The van der Waals surface area contributed by atoms with Crippen LogP contribution < -0.4 is 0 Å². The van der Waals surface area contributed by atoms with Crippen LogP contribution >= 0.6 is 0 Å². The summed E-state index contributed by atoms with van der Waals surface area (Å²) in [7, 11) is 0. The van der Waals surface area contributed by atoms with Crippen LogP contribution in [0, 0.1) is 0 Å². The van der Waals surface area contributed by atoms with Crippen molar-refractivity contribution in [2.24, 2.45) is 0 Å². The average Bonchev–Trinajstić information content (AvgIpc) is 2.00.